The Morgan fingerprint density at radius 3 is 2.64 bits per heavy atom. The second kappa shape index (κ2) is 12.8. The summed E-state index contributed by atoms with van der Waals surface area (Å²) in [6.07, 6.45) is 0.178. The predicted molar refractivity (Wildman–Crippen MR) is 138 cm³/mol. The van der Waals surface area contributed by atoms with Crippen molar-refractivity contribution < 1.29 is 23.9 Å². The van der Waals surface area contributed by atoms with E-state index in [0.717, 1.165) is 5.69 Å². The number of carbonyl (C=O) groups is 3. The molecule has 198 valence electrons. The van der Waals surface area contributed by atoms with Gasteiger partial charge in [-0.05, 0) is 39.8 Å². The van der Waals surface area contributed by atoms with Gasteiger partial charge in [0.1, 0.15) is 18.2 Å². The molecule has 0 aromatic heterocycles. The molecular weight excluding hydrogens is 486 g/mol. The summed E-state index contributed by atoms with van der Waals surface area (Å²) in [4.78, 5) is 39.7. The van der Waals surface area contributed by atoms with Crippen molar-refractivity contribution in [3.8, 4) is 11.8 Å². The number of hydrogen-bond acceptors (Lipinski definition) is 7. The molecule has 0 saturated heterocycles. The number of anilines is 2. The number of nitrogens with zero attached hydrogens (tertiary/aromatic N) is 3. The first-order chi connectivity index (χ1) is 16.9. The van der Waals surface area contributed by atoms with Gasteiger partial charge in [0.25, 0.3) is 0 Å². The predicted octanol–water partition coefficient (Wildman–Crippen LogP) is 2.20. The van der Waals surface area contributed by atoms with Gasteiger partial charge in [0.05, 0.1) is 49.0 Å². The van der Waals surface area contributed by atoms with Crippen LogP contribution in [0.3, 0.4) is 0 Å². The standard InChI is InChI=1S/C25H36ClN5O5/c1-18(32)29-24(2,3)17-36-25(4,5)16-28-22(33)15-30-11-12-35-21-13-19(7-8-20(21)30)31(10-6-9-27)23(34)14-26/h7-8,13H,6,10-12,14-17H2,1-5H3,(H,28,33)(H,29,32). The Kier molecular flexibility index (Phi) is 10.4. The summed E-state index contributed by atoms with van der Waals surface area (Å²) in [6.45, 7) is 10.8. The van der Waals surface area contributed by atoms with Crippen LogP contribution >= 0.6 is 11.6 Å². The van der Waals surface area contributed by atoms with E-state index in [1.54, 1.807) is 18.2 Å². The number of benzene rings is 1. The molecule has 1 heterocycles. The van der Waals surface area contributed by atoms with Gasteiger partial charge in [-0.3, -0.25) is 14.4 Å². The van der Waals surface area contributed by atoms with Crippen LogP contribution in [0.5, 0.6) is 5.75 Å². The van der Waals surface area contributed by atoms with Crippen molar-refractivity contribution in [2.75, 3.05) is 55.1 Å². The number of amides is 3. The summed E-state index contributed by atoms with van der Waals surface area (Å²) in [7, 11) is 0. The molecule has 3 amide bonds. The second-order valence-electron chi connectivity index (χ2n) is 9.90. The van der Waals surface area contributed by atoms with Crippen LogP contribution in [0.1, 0.15) is 41.0 Å². The number of rotatable bonds is 12. The molecule has 10 nitrogen and oxygen atoms in total. The third-order valence-electron chi connectivity index (χ3n) is 5.46. The molecule has 0 bridgehead atoms. The first-order valence-corrected chi connectivity index (χ1v) is 12.4. The fourth-order valence-corrected chi connectivity index (χ4v) is 3.85. The van der Waals surface area contributed by atoms with Crippen LogP contribution in [-0.4, -0.2) is 74.1 Å². The molecule has 2 rings (SSSR count). The molecular formula is C25H36ClN5O5. The zero-order valence-corrected chi connectivity index (χ0v) is 22.4. The minimum atomic E-state index is -0.634. The molecule has 0 radical (unpaired) electrons. The number of ether oxygens (including phenoxy) is 2. The molecule has 11 heteroatoms. The van der Waals surface area contributed by atoms with Crippen molar-refractivity contribution in [1.82, 2.24) is 10.6 Å². The van der Waals surface area contributed by atoms with E-state index in [2.05, 4.69) is 10.6 Å². The molecule has 1 aliphatic heterocycles. The molecule has 1 aromatic carbocycles. The largest absolute Gasteiger partial charge is 0.489 e. The molecule has 0 unspecified atom stereocenters. The van der Waals surface area contributed by atoms with Gasteiger partial charge in [-0.2, -0.15) is 5.26 Å². The summed E-state index contributed by atoms with van der Waals surface area (Å²) in [5.41, 5.74) is 0.168. The topological polar surface area (TPSA) is 124 Å². The minimum absolute atomic E-state index is 0.127. The Labute approximate surface area is 217 Å². The van der Waals surface area contributed by atoms with Crippen LogP contribution in [0.2, 0.25) is 0 Å². The molecule has 36 heavy (non-hydrogen) atoms. The summed E-state index contributed by atoms with van der Waals surface area (Å²) in [6, 6.07) is 7.33. The fraction of sp³-hybridized carbons (Fsp3) is 0.600. The Bertz CT molecular complexity index is 992. The van der Waals surface area contributed by atoms with Crippen LogP contribution in [0, 0.1) is 11.3 Å². The number of nitriles is 1. The summed E-state index contributed by atoms with van der Waals surface area (Å²) in [5.74, 6) is -0.240. The van der Waals surface area contributed by atoms with Crippen molar-refractivity contribution in [3.63, 3.8) is 0 Å². The van der Waals surface area contributed by atoms with E-state index in [-0.39, 0.29) is 43.1 Å². The molecule has 1 aliphatic rings. The lowest BCUT2D eigenvalue weighted by Gasteiger charge is -2.34. The highest BCUT2D eigenvalue weighted by Gasteiger charge is 2.27. The Morgan fingerprint density at radius 2 is 2.00 bits per heavy atom. The lowest BCUT2D eigenvalue weighted by Crippen LogP contribution is -2.50. The third kappa shape index (κ3) is 8.88. The van der Waals surface area contributed by atoms with Gasteiger partial charge >= 0.3 is 0 Å². The summed E-state index contributed by atoms with van der Waals surface area (Å²) in [5, 5.41) is 14.7. The Morgan fingerprint density at radius 1 is 1.28 bits per heavy atom. The lowest BCUT2D eigenvalue weighted by molar-refractivity contribution is -0.123. The first kappa shape index (κ1) is 29.2. The number of hydrogen-bond donors (Lipinski definition) is 2. The van der Waals surface area contributed by atoms with Gasteiger partial charge < -0.3 is 29.9 Å². The van der Waals surface area contributed by atoms with E-state index in [0.29, 0.717) is 37.7 Å². The Balaban J connectivity index is 1.99. The molecule has 1 aromatic rings. The minimum Gasteiger partial charge on any atom is -0.489 e. The lowest BCUT2D eigenvalue weighted by atomic mass is 10.1. The van der Waals surface area contributed by atoms with Crippen LogP contribution in [0.25, 0.3) is 0 Å². The molecule has 0 spiro atoms. The molecule has 2 N–H and O–H groups in total. The average Bonchev–Trinajstić information content (AvgIpc) is 2.81. The van der Waals surface area contributed by atoms with E-state index >= 15 is 0 Å². The zero-order valence-electron chi connectivity index (χ0n) is 21.6. The summed E-state index contributed by atoms with van der Waals surface area (Å²) >= 11 is 5.74. The van der Waals surface area contributed by atoms with E-state index in [4.69, 9.17) is 26.3 Å². The first-order valence-electron chi connectivity index (χ1n) is 11.8. The van der Waals surface area contributed by atoms with Crippen LogP contribution < -0.4 is 25.2 Å². The van der Waals surface area contributed by atoms with Crippen molar-refractivity contribution >= 4 is 40.7 Å². The molecule has 0 saturated carbocycles. The number of alkyl halides is 1. The fourth-order valence-electron chi connectivity index (χ4n) is 3.71. The molecule has 0 atom stereocenters. The van der Waals surface area contributed by atoms with Gasteiger partial charge in [-0.25, -0.2) is 0 Å². The molecule has 0 fully saturated rings. The maximum Gasteiger partial charge on any atom is 0.241 e. The van der Waals surface area contributed by atoms with Gasteiger partial charge in [0, 0.05) is 31.8 Å². The summed E-state index contributed by atoms with van der Waals surface area (Å²) < 4.78 is 11.7. The van der Waals surface area contributed by atoms with Gasteiger partial charge in [0.2, 0.25) is 17.7 Å². The van der Waals surface area contributed by atoms with Crippen LogP contribution in [0.4, 0.5) is 11.4 Å². The maximum atomic E-state index is 12.7. The van der Waals surface area contributed by atoms with Gasteiger partial charge in [-0.15, -0.1) is 11.6 Å². The van der Waals surface area contributed by atoms with E-state index < -0.39 is 11.1 Å². The molecule has 0 aliphatic carbocycles. The Hall–Kier alpha value is -3.03. The monoisotopic (exact) mass is 521 g/mol. The second-order valence-corrected chi connectivity index (χ2v) is 10.2. The zero-order chi connectivity index (χ0) is 26.9. The van der Waals surface area contributed by atoms with Crippen molar-refractivity contribution in [3.05, 3.63) is 18.2 Å². The maximum absolute atomic E-state index is 12.7. The highest BCUT2D eigenvalue weighted by molar-refractivity contribution is 6.29. The normalized spacial score (nSPS) is 13.2. The van der Waals surface area contributed by atoms with Crippen LogP contribution in [-0.2, 0) is 19.1 Å². The van der Waals surface area contributed by atoms with Crippen molar-refractivity contribution in [2.45, 2.75) is 52.2 Å². The highest BCUT2D eigenvalue weighted by Crippen LogP contribution is 2.35. The van der Waals surface area contributed by atoms with Crippen LogP contribution in [0.15, 0.2) is 18.2 Å². The number of nitrogens with one attached hydrogen (secondary N) is 2. The van der Waals surface area contributed by atoms with E-state index in [1.165, 1.54) is 11.8 Å². The average molecular weight is 522 g/mol. The number of fused-ring (bicyclic) bond motifs is 1. The van der Waals surface area contributed by atoms with E-state index in [1.807, 2.05) is 38.7 Å². The van der Waals surface area contributed by atoms with Gasteiger partial charge in [-0.1, -0.05) is 0 Å². The van der Waals surface area contributed by atoms with Gasteiger partial charge in [0.15, 0.2) is 0 Å². The number of halogens is 1. The van der Waals surface area contributed by atoms with Crippen molar-refractivity contribution in [2.24, 2.45) is 0 Å². The number of carbonyl (C=O) groups excluding carboxylic acids is 3. The highest BCUT2D eigenvalue weighted by atomic mass is 35.5. The smallest absolute Gasteiger partial charge is 0.241 e. The third-order valence-corrected chi connectivity index (χ3v) is 5.69. The quantitative estimate of drug-likeness (QED) is 0.404. The van der Waals surface area contributed by atoms with Crippen molar-refractivity contribution in [1.29, 1.82) is 5.26 Å². The SMILES string of the molecule is CC(=O)NC(C)(C)COC(C)(C)CNC(=O)CN1CCOc2cc(N(CCC#N)C(=O)CCl)ccc21. The van der Waals surface area contributed by atoms with E-state index in [9.17, 15) is 14.4 Å².